The molecule has 1 aromatic heterocycles. The van der Waals surface area contributed by atoms with Crippen LogP contribution in [-0.4, -0.2) is 38.5 Å². The number of tetrazole rings is 1. The van der Waals surface area contributed by atoms with Gasteiger partial charge in [0, 0.05) is 29.8 Å². The molecule has 0 fully saturated rings. The Bertz CT molecular complexity index is 1500. The highest BCUT2D eigenvalue weighted by Gasteiger charge is 2.42. The van der Waals surface area contributed by atoms with E-state index in [0.717, 1.165) is 16.9 Å². The Morgan fingerprint density at radius 2 is 1.57 bits per heavy atom. The van der Waals surface area contributed by atoms with E-state index < -0.39 is 65.7 Å². The number of amides is 1. The van der Waals surface area contributed by atoms with Gasteiger partial charge in [0.1, 0.15) is 5.75 Å². The van der Waals surface area contributed by atoms with Crippen LogP contribution in [0.2, 0.25) is 0 Å². The molecular formula is C29H31F9N6O2. The lowest BCUT2D eigenvalue weighted by molar-refractivity contribution is -0.274. The molecule has 4 rings (SSSR count). The zero-order valence-electron chi connectivity index (χ0n) is 25.1. The first-order valence-corrected chi connectivity index (χ1v) is 14.4. The highest BCUT2D eigenvalue weighted by Crippen LogP contribution is 2.46. The van der Waals surface area contributed by atoms with E-state index in [9.17, 15) is 44.3 Å². The fourth-order valence-corrected chi connectivity index (χ4v) is 5.70. The van der Waals surface area contributed by atoms with Crippen molar-refractivity contribution in [3.05, 3.63) is 58.7 Å². The molecule has 46 heavy (non-hydrogen) atoms. The summed E-state index contributed by atoms with van der Waals surface area (Å²) in [6, 6.07) is 2.93. The number of aryl methyl sites for hydroxylation is 1. The first-order valence-electron chi connectivity index (χ1n) is 14.4. The Labute approximate surface area is 258 Å². The molecule has 3 aromatic rings. The third-order valence-electron chi connectivity index (χ3n) is 7.89. The van der Waals surface area contributed by atoms with Crippen LogP contribution in [0, 0.1) is 5.92 Å². The van der Waals surface area contributed by atoms with Crippen molar-refractivity contribution in [1.82, 2.24) is 20.2 Å². The van der Waals surface area contributed by atoms with Crippen LogP contribution in [-0.2, 0) is 30.7 Å². The quantitative estimate of drug-likeness (QED) is 0.217. The maximum Gasteiger partial charge on any atom is 0.573 e. The predicted octanol–water partition coefficient (Wildman–Crippen LogP) is 7.85. The van der Waals surface area contributed by atoms with Crippen molar-refractivity contribution < 1.29 is 49.0 Å². The van der Waals surface area contributed by atoms with Crippen molar-refractivity contribution >= 4 is 17.5 Å². The average molecular weight is 667 g/mol. The highest BCUT2D eigenvalue weighted by atomic mass is 19.4. The molecular weight excluding hydrogens is 635 g/mol. The van der Waals surface area contributed by atoms with Gasteiger partial charge in [0.2, 0.25) is 5.91 Å². The Kier molecular flexibility index (Phi) is 9.83. The molecule has 1 aliphatic rings. The van der Waals surface area contributed by atoms with E-state index in [0.29, 0.717) is 31.4 Å². The maximum atomic E-state index is 13.8. The molecule has 0 saturated carbocycles. The number of ether oxygens (including phenoxy) is 1. The molecule has 0 radical (unpaired) electrons. The van der Waals surface area contributed by atoms with Crippen molar-refractivity contribution in [1.29, 1.82) is 0 Å². The van der Waals surface area contributed by atoms with Crippen molar-refractivity contribution in [2.24, 2.45) is 13.0 Å². The second-order valence-corrected chi connectivity index (χ2v) is 10.9. The number of aromatic nitrogens is 4. The number of benzene rings is 2. The van der Waals surface area contributed by atoms with Gasteiger partial charge in [-0.05, 0) is 72.9 Å². The average Bonchev–Trinajstić information content (AvgIpc) is 3.39. The van der Waals surface area contributed by atoms with Gasteiger partial charge in [-0.1, -0.05) is 25.9 Å². The van der Waals surface area contributed by atoms with E-state index in [1.807, 2.05) is 13.8 Å². The number of carbonyl (C=O) groups excluding carboxylic acids is 1. The number of alkyl halides is 9. The predicted molar refractivity (Wildman–Crippen MR) is 148 cm³/mol. The smallest absolute Gasteiger partial charge is 0.406 e. The lowest BCUT2D eigenvalue weighted by Gasteiger charge is -2.45. The van der Waals surface area contributed by atoms with Gasteiger partial charge < -0.3 is 14.5 Å². The third-order valence-corrected chi connectivity index (χ3v) is 7.89. The summed E-state index contributed by atoms with van der Waals surface area (Å²) in [5, 5.41) is 11.8. The normalized spacial score (nSPS) is 17.3. The van der Waals surface area contributed by atoms with Gasteiger partial charge in [-0.15, -0.1) is 18.3 Å². The zero-order chi connectivity index (χ0) is 34.2. The minimum Gasteiger partial charge on any atom is -0.406 e. The molecule has 0 saturated heterocycles. The summed E-state index contributed by atoms with van der Waals surface area (Å²) in [4.78, 5) is 17.6. The van der Waals surface area contributed by atoms with Gasteiger partial charge in [0.05, 0.1) is 24.2 Å². The van der Waals surface area contributed by atoms with Gasteiger partial charge >= 0.3 is 18.7 Å². The van der Waals surface area contributed by atoms with E-state index >= 15 is 0 Å². The van der Waals surface area contributed by atoms with Crippen LogP contribution in [0.15, 0.2) is 36.4 Å². The topological polar surface area (TPSA) is 76.4 Å². The molecule has 1 aliphatic heterocycles. The second kappa shape index (κ2) is 13.0. The molecule has 2 heterocycles. The number of carbonyl (C=O) groups is 1. The summed E-state index contributed by atoms with van der Waals surface area (Å²) in [5.74, 6) is -1.51. The van der Waals surface area contributed by atoms with Gasteiger partial charge in [0.25, 0.3) is 5.95 Å². The molecule has 1 amide bonds. The van der Waals surface area contributed by atoms with Crippen molar-refractivity contribution in [3.63, 3.8) is 0 Å². The fraction of sp³-hybridized carbons (Fsp3) is 0.517. The number of halogens is 9. The van der Waals surface area contributed by atoms with E-state index in [1.54, 1.807) is 6.92 Å². The Balaban J connectivity index is 1.93. The van der Waals surface area contributed by atoms with Crippen molar-refractivity contribution in [2.45, 2.75) is 83.8 Å². The van der Waals surface area contributed by atoms with Crippen LogP contribution in [0.3, 0.4) is 0 Å². The number of nitrogens with zero attached hydrogens (tertiary/aromatic N) is 6. The van der Waals surface area contributed by atoms with Gasteiger partial charge in [0.15, 0.2) is 0 Å². The molecule has 2 atom stereocenters. The highest BCUT2D eigenvalue weighted by molar-refractivity contribution is 5.97. The monoisotopic (exact) mass is 666 g/mol. The summed E-state index contributed by atoms with van der Waals surface area (Å²) in [7, 11) is 1.38. The zero-order valence-corrected chi connectivity index (χ0v) is 25.1. The third kappa shape index (κ3) is 7.66. The van der Waals surface area contributed by atoms with Crippen molar-refractivity contribution in [2.75, 3.05) is 9.80 Å². The number of anilines is 2. The molecule has 0 unspecified atom stereocenters. The minimum atomic E-state index is -5.11. The van der Waals surface area contributed by atoms with Crippen LogP contribution in [0.1, 0.15) is 74.8 Å². The lowest BCUT2D eigenvalue weighted by Crippen LogP contribution is -2.49. The van der Waals surface area contributed by atoms with Gasteiger partial charge in [-0.3, -0.25) is 4.79 Å². The van der Waals surface area contributed by atoms with Crippen LogP contribution in [0.5, 0.6) is 5.75 Å². The summed E-state index contributed by atoms with van der Waals surface area (Å²) in [6.45, 7) is 4.82. The Morgan fingerprint density at radius 1 is 0.957 bits per heavy atom. The summed E-state index contributed by atoms with van der Waals surface area (Å²) in [6.07, 6.45) is -13.9. The number of rotatable bonds is 9. The van der Waals surface area contributed by atoms with E-state index in [-0.39, 0.29) is 35.6 Å². The van der Waals surface area contributed by atoms with Crippen LogP contribution >= 0.6 is 0 Å². The van der Waals surface area contributed by atoms with E-state index in [2.05, 4.69) is 20.1 Å². The number of hydrogen-bond donors (Lipinski definition) is 0. The molecule has 0 bridgehead atoms. The second-order valence-electron chi connectivity index (χ2n) is 10.9. The number of fused-ring (bicyclic) bond motifs is 1. The summed E-state index contributed by atoms with van der Waals surface area (Å²) < 4.78 is 126. The molecule has 17 heteroatoms. The summed E-state index contributed by atoms with van der Waals surface area (Å²) in [5.41, 5.74) is -3.16. The van der Waals surface area contributed by atoms with E-state index in [1.165, 1.54) is 22.9 Å². The first kappa shape index (κ1) is 34.8. The lowest BCUT2D eigenvalue weighted by atomic mass is 9.86. The Hall–Kier alpha value is -4.05. The Morgan fingerprint density at radius 3 is 2.04 bits per heavy atom. The fourth-order valence-electron chi connectivity index (χ4n) is 5.70. The maximum absolute atomic E-state index is 13.8. The SMILES string of the molecule is CCC(CC)C(=O)N1c2ccc(OC(F)(F)F)cc2[C@@H](N(Cc2cc(C(F)(F)F)cc(C(F)(F)F)c2)c2nnn(C)n2)C[C@H]1CC. The molecule has 0 N–H and O–H groups in total. The van der Waals surface area contributed by atoms with Crippen LogP contribution in [0.4, 0.5) is 51.1 Å². The van der Waals surface area contributed by atoms with Crippen LogP contribution in [0.25, 0.3) is 0 Å². The van der Waals surface area contributed by atoms with Gasteiger partial charge in [-0.2, -0.15) is 31.1 Å². The first-order chi connectivity index (χ1) is 21.4. The minimum absolute atomic E-state index is 0.000439. The molecule has 0 spiro atoms. The molecule has 8 nitrogen and oxygen atoms in total. The molecule has 2 aromatic carbocycles. The van der Waals surface area contributed by atoms with E-state index in [4.69, 9.17) is 0 Å². The molecule has 0 aliphatic carbocycles. The standard InChI is InChI=1S/C29H31F9N6O2/c1-5-17(6-2)25(45)44-20(7-3)13-24(22-14-21(8-9-23(22)44)46-29(36,37)38)43(26-39-41-42(4)40-26)15-16-10-18(27(30,31)32)12-19(11-16)28(33,34)35/h8-12,14,17,20,24H,5-7,13,15H2,1-4H3/t20-,24+/m1/s1. The molecule has 252 valence electrons. The van der Waals surface area contributed by atoms with Crippen LogP contribution < -0.4 is 14.5 Å². The largest absolute Gasteiger partial charge is 0.573 e. The summed E-state index contributed by atoms with van der Waals surface area (Å²) >= 11 is 0. The van der Waals surface area contributed by atoms with Gasteiger partial charge in [-0.25, -0.2) is 0 Å². The number of hydrogen-bond acceptors (Lipinski definition) is 6. The van der Waals surface area contributed by atoms with Crippen molar-refractivity contribution in [3.8, 4) is 5.75 Å².